The Bertz CT molecular complexity index is 260. The summed E-state index contributed by atoms with van der Waals surface area (Å²) < 4.78 is 25.4. The maximum Gasteiger partial charge on any atom is 0.211 e. The van der Waals surface area contributed by atoms with Gasteiger partial charge in [-0.25, -0.2) is 13.1 Å². The highest BCUT2D eigenvalue weighted by molar-refractivity contribution is 7.89. The summed E-state index contributed by atoms with van der Waals surface area (Å²) in [5, 5.41) is 0. The first-order chi connectivity index (χ1) is 6.53. The van der Waals surface area contributed by atoms with Crippen LogP contribution >= 0.6 is 0 Å². The Hall–Kier alpha value is -0.130. The first-order valence-electron chi connectivity index (χ1n) is 5.26. The van der Waals surface area contributed by atoms with Gasteiger partial charge in [0.2, 0.25) is 10.0 Å². The third-order valence-corrected chi connectivity index (χ3v) is 4.07. The molecule has 3 N–H and O–H groups in total. The highest BCUT2D eigenvalue weighted by Gasteiger charge is 2.27. The summed E-state index contributed by atoms with van der Waals surface area (Å²) in [6.07, 6.45) is 3.75. The lowest BCUT2D eigenvalue weighted by Gasteiger charge is -2.09. The zero-order chi connectivity index (χ0) is 10.6. The van der Waals surface area contributed by atoms with Crippen LogP contribution in [-0.4, -0.2) is 26.8 Å². The summed E-state index contributed by atoms with van der Waals surface area (Å²) in [7, 11) is -3.03. The second kappa shape index (κ2) is 5.09. The Morgan fingerprint density at radius 2 is 2.14 bits per heavy atom. The minimum Gasteiger partial charge on any atom is -0.328 e. The fourth-order valence-electron chi connectivity index (χ4n) is 1.26. The maximum atomic E-state index is 11.4. The van der Waals surface area contributed by atoms with Crippen LogP contribution in [0.5, 0.6) is 0 Å². The van der Waals surface area contributed by atoms with Gasteiger partial charge in [0.1, 0.15) is 0 Å². The molecule has 0 aromatic heterocycles. The van der Waals surface area contributed by atoms with Crippen LogP contribution in [-0.2, 0) is 10.0 Å². The number of sulfonamides is 1. The smallest absolute Gasteiger partial charge is 0.211 e. The molecule has 0 radical (unpaired) electrons. The van der Waals surface area contributed by atoms with E-state index in [2.05, 4.69) is 4.72 Å². The molecule has 0 aliphatic heterocycles. The van der Waals surface area contributed by atoms with Crippen LogP contribution in [0.2, 0.25) is 0 Å². The Morgan fingerprint density at radius 3 is 2.64 bits per heavy atom. The molecule has 4 nitrogen and oxygen atoms in total. The van der Waals surface area contributed by atoms with Crippen molar-refractivity contribution >= 4 is 10.0 Å². The average molecular weight is 220 g/mol. The molecule has 1 saturated carbocycles. The van der Waals surface area contributed by atoms with E-state index in [0.717, 1.165) is 25.7 Å². The van der Waals surface area contributed by atoms with Crippen molar-refractivity contribution in [2.45, 2.75) is 38.6 Å². The molecule has 14 heavy (non-hydrogen) atoms. The fraction of sp³-hybridized carbons (Fsp3) is 1.00. The monoisotopic (exact) mass is 220 g/mol. The van der Waals surface area contributed by atoms with Gasteiger partial charge in [0.25, 0.3) is 0 Å². The van der Waals surface area contributed by atoms with Crippen LogP contribution in [0.4, 0.5) is 0 Å². The van der Waals surface area contributed by atoms with Crippen molar-refractivity contribution in [3.63, 3.8) is 0 Å². The van der Waals surface area contributed by atoms with E-state index in [1.807, 2.05) is 6.92 Å². The summed E-state index contributed by atoms with van der Waals surface area (Å²) in [6.45, 7) is 2.48. The van der Waals surface area contributed by atoms with E-state index in [9.17, 15) is 8.42 Å². The minimum atomic E-state index is -3.03. The van der Waals surface area contributed by atoms with E-state index in [1.165, 1.54) is 0 Å². The summed E-state index contributed by atoms with van der Waals surface area (Å²) in [5.41, 5.74) is 5.68. The van der Waals surface area contributed by atoms with E-state index in [-0.39, 0.29) is 6.04 Å². The van der Waals surface area contributed by atoms with Crippen molar-refractivity contribution in [3.8, 4) is 0 Å². The molecule has 84 valence electrons. The van der Waals surface area contributed by atoms with Crippen molar-refractivity contribution in [1.82, 2.24) is 4.72 Å². The van der Waals surface area contributed by atoms with Crippen molar-refractivity contribution in [1.29, 1.82) is 0 Å². The molecule has 0 aromatic carbocycles. The number of hydrogen-bond acceptors (Lipinski definition) is 3. The Kier molecular flexibility index (Phi) is 4.34. The Labute approximate surface area is 86.3 Å². The minimum absolute atomic E-state index is 0.110. The highest BCUT2D eigenvalue weighted by atomic mass is 32.2. The zero-order valence-electron chi connectivity index (χ0n) is 8.70. The summed E-state index contributed by atoms with van der Waals surface area (Å²) in [6, 6.07) is 0.110. The molecule has 1 atom stereocenters. The van der Waals surface area contributed by atoms with Crippen LogP contribution in [0, 0.1) is 5.92 Å². The topological polar surface area (TPSA) is 72.2 Å². The van der Waals surface area contributed by atoms with Crippen LogP contribution in [0.25, 0.3) is 0 Å². The molecule has 5 heteroatoms. The molecule has 1 fully saturated rings. The molecule has 0 bridgehead atoms. The van der Waals surface area contributed by atoms with Crippen molar-refractivity contribution in [3.05, 3.63) is 0 Å². The number of nitrogens with two attached hydrogens (primary N) is 1. The molecule has 1 aliphatic carbocycles. The molecular formula is C9H20N2O2S. The van der Waals surface area contributed by atoms with E-state index in [4.69, 9.17) is 5.73 Å². The first-order valence-corrected chi connectivity index (χ1v) is 6.91. The molecule has 0 aromatic rings. The summed E-state index contributed by atoms with van der Waals surface area (Å²) in [4.78, 5) is 0. The van der Waals surface area contributed by atoms with Gasteiger partial charge in [0, 0.05) is 12.6 Å². The van der Waals surface area contributed by atoms with Gasteiger partial charge >= 0.3 is 0 Å². The summed E-state index contributed by atoms with van der Waals surface area (Å²) >= 11 is 0. The third kappa shape index (κ3) is 4.93. The SMILES string of the molecule is CCC(N)CCNS(=O)(=O)CC1CC1. The molecule has 0 amide bonds. The third-order valence-electron chi connectivity index (χ3n) is 2.51. The van der Waals surface area contributed by atoms with Crippen molar-refractivity contribution in [2.75, 3.05) is 12.3 Å². The molecule has 1 aliphatic rings. The number of rotatable bonds is 7. The number of nitrogens with one attached hydrogen (secondary N) is 1. The van der Waals surface area contributed by atoms with Gasteiger partial charge in [0.05, 0.1) is 5.75 Å². The molecule has 1 rings (SSSR count). The van der Waals surface area contributed by atoms with Crippen molar-refractivity contribution < 1.29 is 8.42 Å². The lowest BCUT2D eigenvalue weighted by molar-refractivity contribution is 0.555. The lowest BCUT2D eigenvalue weighted by atomic mass is 10.2. The second-order valence-electron chi connectivity index (χ2n) is 4.08. The maximum absolute atomic E-state index is 11.4. The van der Waals surface area contributed by atoms with E-state index in [0.29, 0.717) is 18.2 Å². The van der Waals surface area contributed by atoms with Gasteiger partial charge < -0.3 is 5.73 Å². The molecule has 0 saturated heterocycles. The van der Waals surface area contributed by atoms with E-state index >= 15 is 0 Å². The van der Waals surface area contributed by atoms with Gasteiger partial charge in [-0.1, -0.05) is 6.92 Å². The zero-order valence-corrected chi connectivity index (χ0v) is 9.52. The second-order valence-corrected chi connectivity index (χ2v) is 5.93. The summed E-state index contributed by atoms with van der Waals surface area (Å²) in [5.74, 6) is 0.710. The van der Waals surface area contributed by atoms with Crippen LogP contribution in [0.15, 0.2) is 0 Å². The average Bonchev–Trinajstić information content (AvgIpc) is 2.86. The van der Waals surface area contributed by atoms with Crippen molar-refractivity contribution in [2.24, 2.45) is 11.7 Å². The van der Waals surface area contributed by atoms with Crippen LogP contribution in [0.3, 0.4) is 0 Å². The molecule has 0 heterocycles. The normalized spacial score (nSPS) is 19.6. The van der Waals surface area contributed by atoms with Gasteiger partial charge in [0.15, 0.2) is 0 Å². The van der Waals surface area contributed by atoms with Crippen LogP contribution < -0.4 is 10.5 Å². The standard InChI is InChI=1S/C9H20N2O2S/c1-2-9(10)5-6-11-14(12,13)7-8-3-4-8/h8-9,11H,2-7,10H2,1H3. The predicted molar refractivity (Wildman–Crippen MR) is 57.4 cm³/mol. The van der Waals surface area contributed by atoms with E-state index in [1.54, 1.807) is 0 Å². The van der Waals surface area contributed by atoms with E-state index < -0.39 is 10.0 Å². The van der Waals surface area contributed by atoms with Gasteiger partial charge in [-0.2, -0.15) is 0 Å². The van der Waals surface area contributed by atoms with Gasteiger partial charge in [-0.3, -0.25) is 0 Å². The largest absolute Gasteiger partial charge is 0.328 e. The fourth-order valence-corrected chi connectivity index (χ4v) is 2.76. The van der Waals surface area contributed by atoms with Crippen LogP contribution in [0.1, 0.15) is 32.6 Å². The molecular weight excluding hydrogens is 200 g/mol. The Morgan fingerprint density at radius 1 is 1.50 bits per heavy atom. The highest BCUT2D eigenvalue weighted by Crippen LogP contribution is 2.29. The molecule has 0 spiro atoms. The number of hydrogen-bond donors (Lipinski definition) is 2. The lowest BCUT2D eigenvalue weighted by Crippen LogP contribution is -2.32. The first kappa shape index (κ1) is 11.9. The van der Waals surface area contributed by atoms with Gasteiger partial charge in [-0.15, -0.1) is 0 Å². The quantitative estimate of drug-likeness (QED) is 0.654. The Balaban J connectivity index is 2.15. The van der Waals surface area contributed by atoms with Gasteiger partial charge in [-0.05, 0) is 31.6 Å². The molecule has 1 unspecified atom stereocenters. The predicted octanol–water partition coefficient (Wildman–Crippen LogP) is 0.443.